The fraction of sp³-hybridized carbons (Fsp3) is 0.500. The van der Waals surface area contributed by atoms with Gasteiger partial charge in [0.05, 0.1) is 41.9 Å². The first kappa shape index (κ1) is 26.3. The van der Waals surface area contributed by atoms with E-state index in [0.717, 1.165) is 70.7 Å². The fourth-order valence-electron chi connectivity index (χ4n) is 4.94. The molecule has 198 valence electrons. The standard InChI is InChI=1S/C28H38BrN5O2Si/c1-7-18-10-21(36-37(5,6)27(2,3)4)8-9-23(18)33-26(30)22-14-31-34-15-19(29)11-24(34)25(22)32-20-12-28(13-20)16-35-17-28/h8-11,14-15,20,32H,7,12-13,16-17H2,1-6H3,(H2,30,33). The zero-order valence-corrected chi connectivity index (χ0v) is 25.3. The Morgan fingerprint density at radius 2 is 2.03 bits per heavy atom. The molecule has 9 heteroatoms. The molecule has 1 saturated carbocycles. The summed E-state index contributed by atoms with van der Waals surface area (Å²) < 4.78 is 14.8. The van der Waals surface area contributed by atoms with E-state index in [1.54, 1.807) is 0 Å². The van der Waals surface area contributed by atoms with Gasteiger partial charge in [0.1, 0.15) is 11.6 Å². The summed E-state index contributed by atoms with van der Waals surface area (Å²) in [5, 5.41) is 8.49. The Morgan fingerprint density at radius 3 is 2.65 bits per heavy atom. The molecule has 1 aromatic carbocycles. The molecule has 5 rings (SSSR count). The summed E-state index contributed by atoms with van der Waals surface area (Å²) in [6, 6.07) is 8.61. The topological polar surface area (TPSA) is 86.2 Å². The van der Waals surface area contributed by atoms with Gasteiger partial charge in [0.25, 0.3) is 0 Å². The fourth-order valence-corrected chi connectivity index (χ4v) is 6.38. The molecule has 0 atom stereocenters. The van der Waals surface area contributed by atoms with Gasteiger partial charge in [-0.1, -0.05) is 27.7 Å². The molecule has 7 nitrogen and oxygen atoms in total. The maximum atomic E-state index is 6.68. The molecule has 1 spiro atoms. The number of aromatic nitrogens is 2. The molecule has 3 N–H and O–H groups in total. The summed E-state index contributed by atoms with van der Waals surface area (Å²) in [4.78, 5) is 4.90. The van der Waals surface area contributed by atoms with Crippen molar-refractivity contribution in [3.8, 4) is 5.75 Å². The van der Waals surface area contributed by atoms with E-state index in [1.807, 2.05) is 29.0 Å². The number of aliphatic imine (C=N–C) groups is 1. The van der Waals surface area contributed by atoms with E-state index in [0.29, 0.717) is 17.3 Å². The Kier molecular flexibility index (Phi) is 6.69. The number of nitrogens with one attached hydrogen (secondary N) is 1. The van der Waals surface area contributed by atoms with Crippen molar-refractivity contribution >= 4 is 47.0 Å². The summed E-state index contributed by atoms with van der Waals surface area (Å²) in [5.74, 6) is 1.35. The largest absolute Gasteiger partial charge is 0.543 e. The second kappa shape index (κ2) is 9.43. The summed E-state index contributed by atoms with van der Waals surface area (Å²) in [5.41, 5.74) is 11.8. The van der Waals surface area contributed by atoms with Gasteiger partial charge in [0.15, 0.2) is 0 Å². The molecule has 37 heavy (non-hydrogen) atoms. The number of hydrogen-bond donors (Lipinski definition) is 2. The lowest BCUT2D eigenvalue weighted by molar-refractivity contribution is -0.159. The molecule has 1 aliphatic heterocycles. The SMILES string of the molecule is CCc1cc(O[Si](C)(C)C(C)(C)C)ccc1N=C(N)c1cnn2cc(Br)cc2c1NC1CC2(COC2)C1. The Labute approximate surface area is 229 Å². The van der Waals surface area contributed by atoms with Crippen molar-refractivity contribution in [2.45, 2.75) is 71.1 Å². The minimum Gasteiger partial charge on any atom is -0.543 e. The van der Waals surface area contributed by atoms with E-state index in [1.165, 1.54) is 0 Å². The number of halogens is 1. The van der Waals surface area contributed by atoms with Crippen molar-refractivity contribution in [3.63, 3.8) is 0 Å². The second-order valence-electron chi connectivity index (χ2n) is 12.2. The first-order chi connectivity index (χ1) is 17.4. The van der Waals surface area contributed by atoms with E-state index in [2.05, 4.69) is 79.3 Å². The van der Waals surface area contributed by atoms with Crippen LogP contribution in [-0.4, -0.2) is 43.0 Å². The molecule has 2 fully saturated rings. The van der Waals surface area contributed by atoms with Gasteiger partial charge in [-0.3, -0.25) is 0 Å². The number of fused-ring (bicyclic) bond motifs is 1. The van der Waals surface area contributed by atoms with Crippen LogP contribution in [0.1, 0.15) is 51.7 Å². The maximum Gasteiger partial charge on any atom is 0.250 e. The van der Waals surface area contributed by atoms with Gasteiger partial charge in [-0.15, -0.1) is 0 Å². The van der Waals surface area contributed by atoms with Crippen molar-refractivity contribution in [3.05, 3.63) is 52.3 Å². The number of nitrogens with two attached hydrogens (primary N) is 1. The molecule has 3 aromatic rings. The van der Waals surface area contributed by atoms with E-state index >= 15 is 0 Å². The number of nitrogens with zero attached hydrogens (tertiary/aromatic N) is 3. The molecule has 0 radical (unpaired) electrons. The Morgan fingerprint density at radius 1 is 1.30 bits per heavy atom. The summed E-state index contributed by atoms with van der Waals surface area (Å²) >= 11 is 3.59. The van der Waals surface area contributed by atoms with Gasteiger partial charge in [0, 0.05) is 22.1 Å². The smallest absolute Gasteiger partial charge is 0.250 e. The lowest BCUT2D eigenvalue weighted by atomic mass is 9.64. The van der Waals surface area contributed by atoms with Crippen LogP contribution >= 0.6 is 15.9 Å². The van der Waals surface area contributed by atoms with Crippen LogP contribution < -0.4 is 15.5 Å². The van der Waals surface area contributed by atoms with Gasteiger partial charge >= 0.3 is 0 Å². The van der Waals surface area contributed by atoms with E-state index in [4.69, 9.17) is 19.9 Å². The first-order valence-corrected chi connectivity index (χ1v) is 16.8. The molecule has 2 aromatic heterocycles. The minimum absolute atomic E-state index is 0.134. The summed E-state index contributed by atoms with van der Waals surface area (Å²) in [7, 11) is -1.93. The van der Waals surface area contributed by atoms with Gasteiger partial charge in [-0.05, 0) is 83.2 Å². The van der Waals surface area contributed by atoms with E-state index in [9.17, 15) is 0 Å². The molecule has 1 saturated heterocycles. The van der Waals surface area contributed by atoms with Crippen molar-refractivity contribution in [1.29, 1.82) is 0 Å². The second-order valence-corrected chi connectivity index (χ2v) is 17.8. The Bertz CT molecular complexity index is 1350. The normalized spacial score (nSPS) is 18.1. The van der Waals surface area contributed by atoms with Crippen LogP contribution in [0.4, 0.5) is 11.4 Å². The molecule has 3 heterocycles. The third-order valence-corrected chi connectivity index (χ3v) is 13.0. The monoisotopic (exact) mass is 583 g/mol. The lowest BCUT2D eigenvalue weighted by Crippen LogP contribution is -2.56. The highest BCUT2D eigenvalue weighted by Crippen LogP contribution is 2.48. The average Bonchev–Trinajstić information content (AvgIpc) is 3.15. The van der Waals surface area contributed by atoms with Gasteiger partial charge in [-0.2, -0.15) is 5.10 Å². The van der Waals surface area contributed by atoms with Gasteiger partial charge < -0.3 is 20.2 Å². The van der Waals surface area contributed by atoms with Crippen molar-refractivity contribution in [2.24, 2.45) is 16.1 Å². The summed E-state index contributed by atoms with van der Waals surface area (Å²) in [6.45, 7) is 15.2. The van der Waals surface area contributed by atoms with Crippen LogP contribution in [0.3, 0.4) is 0 Å². The van der Waals surface area contributed by atoms with Crippen LogP contribution in [0.5, 0.6) is 5.75 Å². The highest BCUT2D eigenvalue weighted by Gasteiger charge is 2.50. The predicted molar refractivity (Wildman–Crippen MR) is 157 cm³/mol. The third-order valence-electron chi connectivity index (χ3n) is 8.26. The predicted octanol–water partition coefficient (Wildman–Crippen LogP) is 6.67. The van der Waals surface area contributed by atoms with E-state index < -0.39 is 8.32 Å². The average molecular weight is 585 g/mol. The number of hydrogen-bond acceptors (Lipinski definition) is 5. The van der Waals surface area contributed by atoms with Crippen molar-refractivity contribution in [2.75, 3.05) is 18.5 Å². The highest BCUT2D eigenvalue weighted by molar-refractivity contribution is 9.10. The molecule has 2 aliphatic rings. The van der Waals surface area contributed by atoms with Gasteiger partial charge in [-0.25, -0.2) is 9.51 Å². The first-order valence-electron chi connectivity index (χ1n) is 13.1. The molecular weight excluding hydrogens is 546 g/mol. The Balaban J connectivity index is 1.46. The van der Waals surface area contributed by atoms with Crippen molar-refractivity contribution < 1.29 is 9.16 Å². The van der Waals surface area contributed by atoms with Crippen LogP contribution in [0.2, 0.25) is 18.1 Å². The van der Waals surface area contributed by atoms with Crippen LogP contribution in [0.25, 0.3) is 5.52 Å². The number of amidine groups is 1. The Hall–Kier alpha value is -2.36. The quantitative estimate of drug-likeness (QED) is 0.184. The third kappa shape index (κ3) is 5.05. The van der Waals surface area contributed by atoms with Gasteiger partial charge in [0.2, 0.25) is 8.32 Å². The van der Waals surface area contributed by atoms with Crippen LogP contribution in [0, 0.1) is 5.41 Å². The molecule has 0 unspecified atom stereocenters. The van der Waals surface area contributed by atoms with Crippen LogP contribution in [-0.2, 0) is 11.2 Å². The molecular formula is C28H38BrN5O2Si. The summed E-state index contributed by atoms with van der Waals surface area (Å²) in [6.07, 6.45) is 6.81. The van der Waals surface area contributed by atoms with E-state index in [-0.39, 0.29) is 5.04 Å². The number of anilines is 1. The van der Waals surface area contributed by atoms with Crippen molar-refractivity contribution in [1.82, 2.24) is 9.61 Å². The number of ether oxygens (including phenoxy) is 1. The lowest BCUT2D eigenvalue weighted by Gasteiger charge is -2.53. The highest BCUT2D eigenvalue weighted by atomic mass is 79.9. The number of benzene rings is 1. The van der Waals surface area contributed by atoms with Crippen LogP contribution in [0.15, 0.2) is 46.1 Å². The molecule has 0 bridgehead atoms. The number of rotatable bonds is 7. The zero-order valence-electron chi connectivity index (χ0n) is 22.7. The molecule has 0 amide bonds. The number of aryl methyl sites for hydroxylation is 1. The zero-order chi connectivity index (χ0) is 26.6. The molecule has 1 aliphatic carbocycles. The maximum absolute atomic E-state index is 6.68. The minimum atomic E-state index is -1.93.